The Morgan fingerprint density at radius 1 is 0.933 bits per heavy atom. The van der Waals surface area contributed by atoms with Gasteiger partial charge in [-0.15, -0.1) is 0 Å². The molecular formula is C24H20IN5. The van der Waals surface area contributed by atoms with E-state index in [9.17, 15) is 0 Å². The third kappa shape index (κ3) is 3.63. The lowest BCUT2D eigenvalue weighted by molar-refractivity contribution is 0.947. The van der Waals surface area contributed by atoms with E-state index in [0.717, 1.165) is 43.4 Å². The molecular weight excluding hydrogens is 485 g/mol. The van der Waals surface area contributed by atoms with E-state index in [-0.39, 0.29) is 0 Å². The molecule has 30 heavy (non-hydrogen) atoms. The van der Waals surface area contributed by atoms with Crippen molar-refractivity contribution in [1.29, 1.82) is 0 Å². The second kappa shape index (κ2) is 7.68. The standard InChI is InChI=1S/C24H20IN5/c1-15-9-19(29-24-20-12-18(25)5-7-21(20)26-13-27-24)6-4-17(15)10-16-3-8-23-22(11-16)28-14-30(23)2/h3-9,11-14H,10H2,1-2H3,(H,26,27,29). The maximum atomic E-state index is 4.48. The molecule has 0 aliphatic rings. The van der Waals surface area contributed by atoms with Crippen molar-refractivity contribution in [2.24, 2.45) is 7.05 Å². The van der Waals surface area contributed by atoms with E-state index >= 15 is 0 Å². The lowest BCUT2D eigenvalue weighted by Crippen LogP contribution is -1.98. The fourth-order valence-electron chi connectivity index (χ4n) is 3.75. The molecule has 6 heteroatoms. The maximum absolute atomic E-state index is 4.48. The molecule has 2 heterocycles. The number of imidazole rings is 1. The van der Waals surface area contributed by atoms with Crippen LogP contribution < -0.4 is 5.32 Å². The Labute approximate surface area is 188 Å². The summed E-state index contributed by atoms with van der Waals surface area (Å²) in [6.45, 7) is 2.15. The van der Waals surface area contributed by atoms with Gasteiger partial charge in [0.25, 0.3) is 0 Å². The van der Waals surface area contributed by atoms with Crippen molar-refractivity contribution in [2.75, 3.05) is 5.32 Å². The number of hydrogen-bond acceptors (Lipinski definition) is 4. The molecule has 3 aromatic carbocycles. The summed E-state index contributed by atoms with van der Waals surface area (Å²) in [6.07, 6.45) is 4.35. The molecule has 0 amide bonds. The quantitative estimate of drug-likeness (QED) is 0.316. The van der Waals surface area contributed by atoms with Gasteiger partial charge in [-0.1, -0.05) is 12.1 Å². The summed E-state index contributed by atoms with van der Waals surface area (Å²) < 4.78 is 3.21. The normalized spacial score (nSPS) is 11.3. The third-order valence-electron chi connectivity index (χ3n) is 5.39. The molecule has 148 valence electrons. The highest BCUT2D eigenvalue weighted by molar-refractivity contribution is 14.1. The van der Waals surface area contributed by atoms with E-state index in [1.807, 2.05) is 24.0 Å². The van der Waals surface area contributed by atoms with Crippen LogP contribution in [0.1, 0.15) is 16.7 Å². The van der Waals surface area contributed by atoms with Crippen LogP contribution in [0.5, 0.6) is 0 Å². The number of halogens is 1. The zero-order valence-electron chi connectivity index (χ0n) is 16.7. The van der Waals surface area contributed by atoms with Crippen molar-refractivity contribution in [1.82, 2.24) is 19.5 Å². The Morgan fingerprint density at radius 2 is 1.83 bits per heavy atom. The summed E-state index contributed by atoms with van der Waals surface area (Å²) in [4.78, 5) is 13.3. The zero-order chi connectivity index (χ0) is 20.7. The monoisotopic (exact) mass is 505 g/mol. The van der Waals surface area contributed by atoms with Gasteiger partial charge in [-0.3, -0.25) is 0 Å². The van der Waals surface area contributed by atoms with Gasteiger partial charge in [-0.2, -0.15) is 0 Å². The first-order valence-corrected chi connectivity index (χ1v) is 10.8. The minimum Gasteiger partial charge on any atom is -0.340 e. The Hall–Kier alpha value is -3.00. The molecule has 0 saturated carbocycles. The first kappa shape index (κ1) is 19.0. The summed E-state index contributed by atoms with van der Waals surface area (Å²) in [7, 11) is 2.02. The molecule has 0 spiro atoms. The van der Waals surface area contributed by atoms with Crippen molar-refractivity contribution >= 4 is 56.0 Å². The number of anilines is 2. The van der Waals surface area contributed by atoms with Crippen LogP contribution >= 0.6 is 22.6 Å². The van der Waals surface area contributed by atoms with Crippen LogP contribution in [0.15, 0.2) is 67.3 Å². The van der Waals surface area contributed by atoms with Crippen LogP contribution in [-0.4, -0.2) is 19.5 Å². The summed E-state index contributed by atoms with van der Waals surface area (Å²) in [5, 5.41) is 4.49. The maximum Gasteiger partial charge on any atom is 0.141 e. The largest absolute Gasteiger partial charge is 0.340 e. The van der Waals surface area contributed by atoms with Crippen LogP contribution in [0.4, 0.5) is 11.5 Å². The van der Waals surface area contributed by atoms with Gasteiger partial charge in [0.15, 0.2) is 0 Å². The molecule has 0 aliphatic heterocycles. The molecule has 5 rings (SSSR count). The lowest BCUT2D eigenvalue weighted by Gasteiger charge is -2.12. The minimum absolute atomic E-state index is 0.825. The Bertz CT molecular complexity index is 1390. The smallest absolute Gasteiger partial charge is 0.141 e. The highest BCUT2D eigenvalue weighted by Crippen LogP contribution is 2.26. The fourth-order valence-corrected chi connectivity index (χ4v) is 4.24. The number of fused-ring (bicyclic) bond motifs is 2. The summed E-state index contributed by atoms with van der Waals surface area (Å²) in [6, 6.07) is 19.2. The fraction of sp³-hybridized carbons (Fsp3) is 0.125. The van der Waals surface area contributed by atoms with E-state index in [4.69, 9.17) is 0 Å². The SMILES string of the molecule is Cc1cc(Nc2ncnc3ccc(I)cc23)ccc1Cc1ccc2c(c1)ncn2C. The molecule has 5 aromatic rings. The summed E-state index contributed by atoms with van der Waals surface area (Å²) >= 11 is 2.31. The molecule has 2 aromatic heterocycles. The van der Waals surface area contributed by atoms with Crippen molar-refractivity contribution < 1.29 is 0 Å². The Balaban J connectivity index is 1.41. The number of nitrogens with one attached hydrogen (secondary N) is 1. The molecule has 0 radical (unpaired) electrons. The van der Waals surface area contributed by atoms with Crippen LogP contribution in [0.2, 0.25) is 0 Å². The topological polar surface area (TPSA) is 55.6 Å². The second-order valence-corrected chi connectivity index (χ2v) is 8.75. The zero-order valence-corrected chi connectivity index (χ0v) is 18.9. The number of aryl methyl sites for hydroxylation is 2. The van der Waals surface area contributed by atoms with Gasteiger partial charge in [0, 0.05) is 21.7 Å². The van der Waals surface area contributed by atoms with Gasteiger partial charge < -0.3 is 9.88 Å². The van der Waals surface area contributed by atoms with Gasteiger partial charge in [-0.25, -0.2) is 15.0 Å². The molecule has 1 N–H and O–H groups in total. The molecule has 5 nitrogen and oxygen atoms in total. The average Bonchev–Trinajstić information content (AvgIpc) is 3.11. The predicted molar refractivity (Wildman–Crippen MR) is 130 cm³/mol. The number of rotatable bonds is 4. The molecule has 0 aliphatic carbocycles. The van der Waals surface area contributed by atoms with E-state index in [1.165, 1.54) is 16.7 Å². The Morgan fingerprint density at radius 3 is 2.70 bits per heavy atom. The van der Waals surface area contributed by atoms with Crippen molar-refractivity contribution in [3.8, 4) is 0 Å². The first-order valence-electron chi connectivity index (χ1n) is 9.73. The van der Waals surface area contributed by atoms with Crippen LogP contribution in [0, 0.1) is 10.5 Å². The lowest BCUT2D eigenvalue weighted by atomic mass is 9.99. The molecule has 0 bridgehead atoms. The minimum atomic E-state index is 0.825. The summed E-state index contributed by atoms with van der Waals surface area (Å²) in [5.74, 6) is 0.825. The van der Waals surface area contributed by atoms with Gasteiger partial charge in [0.1, 0.15) is 12.1 Å². The van der Waals surface area contributed by atoms with Crippen LogP contribution in [-0.2, 0) is 13.5 Å². The highest BCUT2D eigenvalue weighted by Gasteiger charge is 2.08. The van der Waals surface area contributed by atoms with Crippen molar-refractivity contribution in [3.63, 3.8) is 0 Å². The van der Waals surface area contributed by atoms with Crippen LogP contribution in [0.3, 0.4) is 0 Å². The highest BCUT2D eigenvalue weighted by atomic mass is 127. The van der Waals surface area contributed by atoms with Gasteiger partial charge >= 0.3 is 0 Å². The Kier molecular flexibility index (Phi) is 4.86. The van der Waals surface area contributed by atoms with Gasteiger partial charge in [0.2, 0.25) is 0 Å². The number of benzene rings is 3. The van der Waals surface area contributed by atoms with Gasteiger partial charge in [-0.05, 0) is 95.1 Å². The van der Waals surface area contributed by atoms with Crippen molar-refractivity contribution in [3.05, 3.63) is 87.5 Å². The molecule has 0 unspecified atom stereocenters. The molecule has 0 atom stereocenters. The number of aromatic nitrogens is 4. The van der Waals surface area contributed by atoms with Gasteiger partial charge in [0.05, 0.1) is 22.9 Å². The van der Waals surface area contributed by atoms with E-state index in [1.54, 1.807) is 6.33 Å². The van der Waals surface area contributed by atoms with E-state index < -0.39 is 0 Å². The van der Waals surface area contributed by atoms with Crippen LogP contribution in [0.25, 0.3) is 21.9 Å². The van der Waals surface area contributed by atoms with Crippen molar-refractivity contribution in [2.45, 2.75) is 13.3 Å². The van der Waals surface area contributed by atoms with E-state index in [2.05, 4.69) is 98.3 Å². The van der Waals surface area contributed by atoms with E-state index in [0.29, 0.717) is 0 Å². The first-order chi connectivity index (χ1) is 14.6. The average molecular weight is 505 g/mol. The third-order valence-corrected chi connectivity index (χ3v) is 6.06. The molecule has 0 fully saturated rings. The number of nitrogens with zero attached hydrogens (tertiary/aromatic N) is 4. The second-order valence-electron chi connectivity index (χ2n) is 7.51. The molecule has 0 saturated heterocycles. The number of hydrogen-bond donors (Lipinski definition) is 1. The predicted octanol–water partition coefficient (Wildman–Crippen LogP) is 5.76. The summed E-state index contributed by atoms with van der Waals surface area (Å²) in [5.41, 5.74) is 7.97.